The predicted octanol–water partition coefficient (Wildman–Crippen LogP) is 5.23. The Balaban J connectivity index is 2.33. The van der Waals surface area contributed by atoms with Crippen LogP contribution in [0.3, 0.4) is 0 Å². The van der Waals surface area contributed by atoms with Gasteiger partial charge in [0, 0.05) is 29.7 Å². The number of amides is 1. The number of rotatable bonds is 6. The molecule has 5 nitrogen and oxygen atoms in total. The fourth-order valence-electron chi connectivity index (χ4n) is 2.30. The normalized spacial score (nSPS) is 11.0. The number of carbonyl (C=O) groups excluding carboxylic acids is 1. The van der Waals surface area contributed by atoms with E-state index in [1.165, 1.54) is 18.1 Å². The average Bonchev–Trinajstić information content (AvgIpc) is 2.65. The van der Waals surface area contributed by atoms with Gasteiger partial charge >= 0.3 is 0 Å². The van der Waals surface area contributed by atoms with Crippen LogP contribution in [-0.4, -0.2) is 32.0 Å². The summed E-state index contributed by atoms with van der Waals surface area (Å²) in [6.45, 7) is 0.157. The van der Waals surface area contributed by atoms with Crippen LogP contribution < -0.4 is 9.47 Å². The lowest BCUT2D eigenvalue weighted by molar-refractivity contribution is -0.124. The molecule has 0 heterocycles. The number of ether oxygens (including phenoxy) is 2. The minimum atomic E-state index is -0.407. The van der Waals surface area contributed by atoms with E-state index in [0.29, 0.717) is 27.1 Å². The van der Waals surface area contributed by atoms with Gasteiger partial charge in [-0.05, 0) is 35.9 Å². The van der Waals surface area contributed by atoms with Crippen LogP contribution >= 0.6 is 34.8 Å². The van der Waals surface area contributed by atoms with Crippen LogP contribution in [0.4, 0.5) is 0 Å². The Kier molecular flexibility index (Phi) is 7.59. The molecule has 0 radical (unpaired) electrons. The van der Waals surface area contributed by atoms with Gasteiger partial charge in [0.1, 0.15) is 18.2 Å². The van der Waals surface area contributed by atoms with E-state index in [9.17, 15) is 10.1 Å². The maximum atomic E-state index is 12.0. The van der Waals surface area contributed by atoms with Crippen LogP contribution in [0.2, 0.25) is 15.1 Å². The third kappa shape index (κ3) is 5.32. The topological polar surface area (TPSA) is 62.6 Å². The highest BCUT2D eigenvalue weighted by Crippen LogP contribution is 2.38. The average molecular weight is 440 g/mol. The van der Waals surface area contributed by atoms with Gasteiger partial charge < -0.3 is 14.4 Å². The minimum Gasteiger partial charge on any atom is -0.493 e. The SMILES string of the molecule is COc1cc(/C=C(/C#N)C(=O)N(C)C)cc(Cl)c1OCc1ccc(Cl)cc1Cl. The summed E-state index contributed by atoms with van der Waals surface area (Å²) in [4.78, 5) is 13.3. The van der Waals surface area contributed by atoms with Crippen molar-refractivity contribution in [1.82, 2.24) is 4.90 Å². The van der Waals surface area contributed by atoms with Gasteiger partial charge in [-0.25, -0.2) is 0 Å². The lowest BCUT2D eigenvalue weighted by Gasteiger charge is -2.14. The molecule has 0 aliphatic carbocycles. The molecular formula is C20H17Cl3N2O3. The molecule has 0 saturated carbocycles. The largest absolute Gasteiger partial charge is 0.493 e. The highest BCUT2D eigenvalue weighted by atomic mass is 35.5. The van der Waals surface area contributed by atoms with Crippen molar-refractivity contribution in [2.24, 2.45) is 0 Å². The third-order valence-electron chi connectivity index (χ3n) is 3.71. The number of hydrogen-bond donors (Lipinski definition) is 0. The van der Waals surface area contributed by atoms with Crippen LogP contribution in [0.5, 0.6) is 11.5 Å². The number of halogens is 3. The molecule has 0 fully saturated rings. The zero-order valence-corrected chi connectivity index (χ0v) is 17.7. The summed E-state index contributed by atoms with van der Waals surface area (Å²) < 4.78 is 11.1. The Morgan fingerprint density at radius 3 is 2.46 bits per heavy atom. The Labute approximate surface area is 178 Å². The van der Waals surface area contributed by atoms with Gasteiger partial charge in [0.25, 0.3) is 5.91 Å². The predicted molar refractivity (Wildman–Crippen MR) is 111 cm³/mol. The summed E-state index contributed by atoms with van der Waals surface area (Å²) in [5.74, 6) is 0.276. The molecule has 0 saturated heterocycles. The van der Waals surface area contributed by atoms with Gasteiger partial charge in [0.2, 0.25) is 0 Å². The summed E-state index contributed by atoms with van der Waals surface area (Å²) >= 11 is 18.4. The highest BCUT2D eigenvalue weighted by Gasteiger charge is 2.15. The maximum absolute atomic E-state index is 12.0. The van der Waals surface area contributed by atoms with Gasteiger partial charge in [-0.2, -0.15) is 5.26 Å². The third-order valence-corrected chi connectivity index (χ3v) is 4.57. The van der Waals surface area contributed by atoms with Gasteiger partial charge in [-0.3, -0.25) is 4.79 Å². The fraction of sp³-hybridized carbons (Fsp3) is 0.200. The van der Waals surface area contributed by atoms with E-state index < -0.39 is 5.91 Å². The van der Waals surface area contributed by atoms with Crippen molar-refractivity contribution in [2.75, 3.05) is 21.2 Å². The van der Waals surface area contributed by atoms with E-state index in [4.69, 9.17) is 44.3 Å². The quantitative estimate of drug-likeness (QED) is 0.457. The molecule has 0 aromatic heterocycles. The number of hydrogen-bond acceptors (Lipinski definition) is 4. The molecule has 28 heavy (non-hydrogen) atoms. The Morgan fingerprint density at radius 1 is 1.18 bits per heavy atom. The summed E-state index contributed by atoms with van der Waals surface area (Å²) in [6, 6.07) is 10.2. The Morgan fingerprint density at radius 2 is 1.89 bits per heavy atom. The molecule has 0 N–H and O–H groups in total. The molecule has 146 valence electrons. The smallest absolute Gasteiger partial charge is 0.264 e. The molecule has 0 aliphatic heterocycles. The second-order valence-electron chi connectivity index (χ2n) is 5.93. The van der Waals surface area contributed by atoms with Crippen molar-refractivity contribution in [3.05, 3.63) is 62.1 Å². The van der Waals surface area contributed by atoms with Gasteiger partial charge in [-0.1, -0.05) is 40.9 Å². The zero-order chi connectivity index (χ0) is 20.8. The van der Waals surface area contributed by atoms with E-state index in [0.717, 1.165) is 5.56 Å². The summed E-state index contributed by atoms with van der Waals surface area (Å²) in [5.41, 5.74) is 1.24. The van der Waals surface area contributed by atoms with Crippen molar-refractivity contribution in [3.63, 3.8) is 0 Å². The van der Waals surface area contributed by atoms with E-state index in [2.05, 4.69) is 0 Å². The molecule has 1 amide bonds. The van der Waals surface area contributed by atoms with Crippen molar-refractivity contribution >= 4 is 46.8 Å². The lowest BCUT2D eigenvalue weighted by atomic mass is 10.1. The Hall–Kier alpha value is -2.39. The number of carbonyl (C=O) groups is 1. The molecule has 2 rings (SSSR count). The first-order valence-corrected chi connectivity index (χ1v) is 9.18. The highest BCUT2D eigenvalue weighted by molar-refractivity contribution is 6.35. The zero-order valence-electron chi connectivity index (χ0n) is 15.4. The first kappa shape index (κ1) is 21.9. The van der Waals surface area contributed by atoms with Gasteiger partial charge in [-0.15, -0.1) is 0 Å². The van der Waals surface area contributed by atoms with Crippen molar-refractivity contribution < 1.29 is 14.3 Å². The van der Waals surface area contributed by atoms with E-state index >= 15 is 0 Å². The van der Waals surface area contributed by atoms with Crippen molar-refractivity contribution in [2.45, 2.75) is 6.61 Å². The molecule has 0 bridgehead atoms. The number of nitrogens with zero attached hydrogens (tertiary/aromatic N) is 2. The van der Waals surface area contributed by atoms with E-state index in [1.807, 2.05) is 6.07 Å². The Bertz CT molecular complexity index is 966. The molecule has 0 atom stereocenters. The van der Waals surface area contributed by atoms with Crippen LogP contribution in [0.25, 0.3) is 6.08 Å². The molecule has 0 spiro atoms. The molecule has 8 heteroatoms. The van der Waals surface area contributed by atoms with Crippen LogP contribution in [0.1, 0.15) is 11.1 Å². The van der Waals surface area contributed by atoms with Crippen LogP contribution in [0, 0.1) is 11.3 Å². The van der Waals surface area contributed by atoms with E-state index in [-0.39, 0.29) is 17.2 Å². The summed E-state index contributed by atoms with van der Waals surface area (Å²) in [6.07, 6.45) is 1.44. The number of nitriles is 1. The van der Waals surface area contributed by atoms with Crippen LogP contribution in [-0.2, 0) is 11.4 Å². The fourth-order valence-corrected chi connectivity index (χ4v) is 3.04. The standard InChI is InChI=1S/C20H17Cl3N2O3/c1-25(2)20(26)14(10-24)6-12-7-17(23)19(18(8-12)27-3)28-11-13-4-5-15(21)9-16(13)22/h4-9H,11H2,1-3H3/b14-6-. The molecule has 0 unspecified atom stereocenters. The van der Waals surface area contributed by atoms with Gasteiger partial charge in [0.15, 0.2) is 11.5 Å². The number of likely N-dealkylation sites (N-methyl/N-ethyl adjacent to an activating group) is 1. The summed E-state index contributed by atoms with van der Waals surface area (Å²) in [7, 11) is 4.61. The van der Waals surface area contributed by atoms with E-state index in [1.54, 1.807) is 44.4 Å². The first-order valence-electron chi connectivity index (χ1n) is 8.04. The number of methoxy groups -OCH3 is 1. The maximum Gasteiger partial charge on any atom is 0.264 e. The lowest BCUT2D eigenvalue weighted by Crippen LogP contribution is -2.22. The molecule has 0 aliphatic rings. The molecule has 2 aromatic carbocycles. The van der Waals surface area contributed by atoms with Crippen LogP contribution in [0.15, 0.2) is 35.9 Å². The number of benzene rings is 2. The second kappa shape index (κ2) is 9.70. The van der Waals surface area contributed by atoms with Crippen molar-refractivity contribution in [3.8, 4) is 17.6 Å². The first-order chi connectivity index (χ1) is 13.3. The molecule has 2 aromatic rings. The summed E-state index contributed by atoms with van der Waals surface area (Å²) in [5, 5.41) is 10.5. The van der Waals surface area contributed by atoms with Gasteiger partial charge in [0.05, 0.1) is 12.1 Å². The second-order valence-corrected chi connectivity index (χ2v) is 7.18. The van der Waals surface area contributed by atoms with Crippen molar-refractivity contribution in [1.29, 1.82) is 5.26 Å². The monoisotopic (exact) mass is 438 g/mol. The molecular weight excluding hydrogens is 423 g/mol. The minimum absolute atomic E-state index is 0.0234.